The molecule has 0 saturated heterocycles. The molecular weight excluding hydrogens is 266 g/mol. The fourth-order valence-electron chi connectivity index (χ4n) is 2.45. The van der Waals surface area contributed by atoms with Crippen LogP contribution in [-0.4, -0.2) is 11.8 Å². The number of aromatic nitrogens is 1. The van der Waals surface area contributed by atoms with Crippen molar-refractivity contribution in [1.29, 1.82) is 0 Å². The predicted molar refractivity (Wildman–Crippen MR) is 82.0 cm³/mol. The molecule has 0 aliphatic carbocycles. The van der Waals surface area contributed by atoms with Gasteiger partial charge in [0.2, 0.25) is 6.79 Å². The Labute approximate surface area is 121 Å². The number of pyridine rings is 1. The van der Waals surface area contributed by atoms with Gasteiger partial charge in [0.1, 0.15) is 0 Å². The summed E-state index contributed by atoms with van der Waals surface area (Å²) in [6.07, 6.45) is 3.53. The maximum atomic E-state index is 5.99. The highest BCUT2D eigenvalue weighted by atomic mass is 16.7. The molecule has 5 nitrogen and oxygen atoms in total. The second-order valence-corrected chi connectivity index (χ2v) is 4.82. The number of rotatable bonds is 2. The fourth-order valence-corrected chi connectivity index (χ4v) is 2.45. The van der Waals surface area contributed by atoms with Crippen molar-refractivity contribution in [3.63, 3.8) is 0 Å². The predicted octanol–water partition coefficient (Wildman–Crippen LogP) is 3.29. The number of ether oxygens (including phenoxy) is 2. The Bertz CT molecular complexity index is 833. The lowest BCUT2D eigenvalue weighted by atomic mass is 10.1. The molecular formula is C16H13N3O2. The van der Waals surface area contributed by atoms with Gasteiger partial charge in [0.15, 0.2) is 11.5 Å². The van der Waals surface area contributed by atoms with Gasteiger partial charge < -0.3 is 20.5 Å². The summed E-state index contributed by atoms with van der Waals surface area (Å²) in [5.41, 5.74) is 8.61. The summed E-state index contributed by atoms with van der Waals surface area (Å²) in [5.74, 6) is 1.52. The Morgan fingerprint density at radius 2 is 1.90 bits per heavy atom. The van der Waals surface area contributed by atoms with E-state index in [9.17, 15) is 0 Å². The van der Waals surface area contributed by atoms with E-state index in [2.05, 4.69) is 10.3 Å². The summed E-state index contributed by atoms with van der Waals surface area (Å²) in [5, 5.41) is 5.35. The zero-order valence-corrected chi connectivity index (χ0v) is 11.2. The average Bonchev–Trinajstić information content (AvgIpc) is 2.98. The van der Waals surface area contributed by atoms with Gasteiger partial charge in [0.25, 0.3) is 0 Å². The Hall–Kier alpha value is -2.95. The van der Waals surface area contributed by atoms with E-state index < -0.39 is 0 Å². The molecule has 104 valence electrons. The summed E-state index contributed by atoms with van der Waals surface area (Å²) in [6, 6.07) is 11.6. The van der Waals surface area contributed by atoms with Crippen molar-refractivity contribution in [2.45, 2.75) is 0 Å². The lowest BCUT2D eigenvalue weighted by molar-refractivity contribution is 0.174. The maximum Gasteiger partial charge on any atom is 0.231 e. The molecule has 0 amide bonds. The van der Waals surface area contributed by atoms with E-state index in [-0.39, 0.29) is 6.79 Å². The Kier molecular flexibility index (Phi) is 2.57. The molecule has 2 aromatic carbocycles. The first-order chi connectivity index (χ1) is 10.3. The molecule has 5 heteroatoms. The van der Waals surface area contributed by atoms with Gasteiger partial charge in [-0.15, -0.1) is 0 Å². The van der Waals surface area contributed by atoms with E-state index in [4.69, 9.17) is 15.2 Å². The Morgan fingerprint density at radius 3 is 2.86 bits per heavy atom. The standard InChI is InChI=1S/C16H13N3O2/c17-13-2-3-14(11-5-6-18-8-12(11)13)19-10-1-4-15-16(7-10)21-9-20-15/h1-8,19H,9,17H2. The van der Waals surface area contributed by atoms with E-state index >= 15 is 0 Å². The number of anilines is 3. The van der Waals surface area contributed by atoms with Crippen molar-refractivity contribution in [3.05, 3.63) is 48.8 Å². The Balaban J connectivity index is 1.76. The van der Waals surface area contributed by atoms with E-state index in [1.165, 1.54) is 0 Å². The molecule has 0 radical (unpaired) electrons. The topological polar surface area (TPSA) is 69.4 Å². The Morgan fingerprint density at radius 1 is 1.00 bits per heavy atom. The summed E-state index contributed by atoms with van der Waals surface area (Å²) in [6.45, 7) is 0.273. The zero-order chi connectivity index (χ0) is 14.2. The maximum absolute atomic E-state index is 5.99. The third kappa shape index (κ3) is 1.99. The van der Waals surface area contributed by atoms with Crippen LogP contribution in [0.1, 0.15) is 0 Å². The van der Waals surface area contributed by atoms with Gasteiger partial charge in [-0.3, -0.25) is 4.98 Å². The minimum Gasteiger partial charge on any atom is -0.454 e. The highest BCUT2D eigenvalue weighted by Crippen LogP contribution is 2.36. The summed E-state index contributed by atoms with van der Waals surface area (Å²) >= 11 is 0. The van der Waals surface area contributed by atoms with Crippen molar-refractivity contribution in [1.82, 2.24) is 4.98 Å². The SMILES string of the molecule is Nc1ccc(Nc2ccc3c(c2)OCO3)c2ccncc12. The number of benzene rings is 2. The van der Waals surface area contributed by atoms with Crippen molar-refractivity contribution < 1.29 is 9.47 Å². The molecule has 1 aromatic heterocycles. The van der Waals surface area contributed by atoms with Gasteiger partial charge >= 0.3 is 0 Å². The van der Waals surface area contributed by atoms with Crippen LogP contribution in [0.3, 0.4) is 0 Å². The molecule has 0 spiro atoms. The molecule has 0 saturated carbocycles. The average molecular weight is 279 g/mol. The van der Waals surface area contributed by atoms with Crippen LogP contribution in [0, 0.1) is 0 Å². The molecule has 0 atom stereocenters. The van der Waals surface area contributed by atoms with Gasteiger partial charge in [-0.05, 0) is 30.3 Å². The van der Waals surface area contributed by atoms with E-state index in [1.54, 1.807) is 12.4 Å². The molecule has 21 heavy (non-hydrogen) atoms. The number of hydrogen-bond acceptors (Lipinski definition) is 5. The van der Waals surface area contributed by atoms with Crippen LogP contribution in [0.15, 0.2) is 48.8 Å². The molecule has 4 rings (SSSR count). The monoisotopic (exact) mass is 279 g/mol. The minimum atomic E-state index is 0.273. The summed E-state index contributed by atoms with van der Waals surface area (Å²) < 4.78 is 10.7. The lowest BCUT2D eigenvalue weighted by Crippen LogP contribution is -1.95. The minimum absolute atomic E-state index is 0.273. The first-order valence-corrected chi connectivity index (χ1v) is 6.60. The van der Waals surface area contributed by atoms with E-state index in [1.807, 2.05) is 36.4 Å². The first-order valence-electron chi connectivity index (χ1n) is 6.60. The lowest BCUT2D eigenvalue weighted by Gasteiger charge is -2.11. The van der Waals surface area contributed by atoms with Crippen LogP contribution in [0.2, 0.25) is 0 Å². The third-order valence-electron chi connectivity index (χ3n) is 3.50. The highest BCUT2D eigenvalue weighted by Gasteiger charge is 2.13. The molecule has 3 aromatic rings. The van der Waals surface area contributed by atoms with Crippen LogP contribution in [0.5, 0.6) is 11.5 Å². The number of hydrogen-bond donors (Lipinski definition) is 2. The van der Waals surface area contributed by atoms with E-state index in [0.29, 0.717) is 5.69 Å². The normalized spacial score (nSPS) is 12.6. The molecule has 0 bridgehead atoms. The molecule has 1 aliphatic rings. The largest absolute Gasteiger partial charge is 0.454 e. The highest BCUT2D eigenvalue weighted by molar-refractivity contribution is 6.01. The smallest absolute Gasteiger partial charge is 0.231 e. The number of fused-ring (bicyclic) bond motifs is 2. The van der Waals surface area contributed by atoms with Crippen molar-refractivity contribution in [2.75, 3.05) is 17.8 Å². The number of nitrogen functional groups attached to an aromatic ring is 1. The quantitative estimate of drug-likeness (QED) is 0.704. The fraction of sp³-hybridized carbons (Fsp3) is 0.0625. The van der Waals surface area contributed by atoms with Gasteiger partial charge in [-0.25, -0.2) is 0 Å². The molecule has 3 N–H and O–H groups in total. The number of nitrogens with zero attached hydrogens (tertiary/aromatic N) is 1. The second-order valence-electron chi connectivity index (χ2n) is 4.82. The van der Waals surface area contributed by atoms with Crippen LogP contribution in [0.25, 0.3) is 10.8 Å². The van der Waals surface area contributed by atoms with Gasteiger partial charge in [-0.1, -0.05) is 0 Å². The van der Waals surface area contributed by atoms with Crippen LogP contribution in [-0.2, 0) is 0 Å². The van der Waals surface area contributed by atoms with Gasteiger partial charge in [0.05, 0.1) is 0 Å². The van der Waals surface area contributed by atoms with Crippen molar-refractivity contribution in [2.24, 2.45) is 0 Å². The number of nitrogens with two attached hydrogens (primary N) is 1. The van der Waals surface area contributed by atoms with Gasteiger partial charge in [0, 0.05) is 46.3 Å². The van der Waals surface area contributed by atoms with E-state index in [0.717, 1.165) is 33.6 Å². The molecule has 0 fully saturated rings. The van der Waals surface area contributed by atoms with Crippen molar-refractivity contribution in [3.8, 4) is 11.5 Å². The first kappa shape index (κ1) is 11.8. The van der Waals surface area contributed by atoms with Crippen LogP contribution < -0.4 is 20.5 Å². The third-order valence-corrected chi connectivity index (χ3v) is 3.50. The summed E-state index contributed by atoms with van der Waals surface area (Å²) in [7, 11) is 0. The molecule has 0 unspecified atom stereocenters. The molecule has 1 aliphatic heterocycles. The van der Waals surface area contributed by atoms with Crippen LogP contribution in [0.4, 0.5) is 17.1 Å². The summed E-state index contributed by atoms with van der Waals surface area (Å²) in [4.78, 5) is 4.12. The van der Waals surface area contributed by atoms with Gasteiger partial charge in [-0.2, -0.15) is 0 Å². The number of nitrogens with one attached hydrogen (secondary N) is 1. The zero-order valence-electron chi connectivity index (χ0n) is 11.2. The molecule has 2 heterocycles. The van der Waals surface area contributed by atoms with Crippen LogP contribution >= 0.6 is 0 Å². The second kappa shape index (κ2) is 4.56. The van der Waals surface area contributed by atoms with Crippen molar-refractivity contribution >= 4 is 27.8 Å².